The first-order valence-corrected chi connectivity index (χ1v) is 8.50. The highest BCUT2D eigenvalue weighted by molar-refractivity contribution is 7.09. The van der Waals surface area contributed by atoms with Gasteiger partial charge in [0.25, 0.3) is 0 Å². The van der Waals surface area contributed by atoms with Gasteiger partial charge in [-0.15, -0.1) is 16.4 Å². The fourth-order valence-corrected chi connectivity index (χ4v) is 3.47. The lowest BCUT2D eigenvalue weighted by atomic mass is 10.3. The Morgan fingerprint density at radius 3 is 2.84 bits per heavy atom. The third kappa shape index (κ3) is 3.42. The summed E-state index contributed by atoms with van der Waals surface area (Å²) in [5, 5.41) is 13.8. The fraction of sp³-hybridized carbons (Fsp3) is 0.429. The Hall–Kier alpha value is -2.27. The van der Waals surface area contributed by atoms with Crippen LogP contribution in [0.15, 0.2) is 23.7 Å². The molecule has 0 atom stereocenters. The minimum Gasteiger partial charge on any atom is -0.332 e. The van der Waals surface area contributed by atoms with Crippen molar-refractivity contribution in [3.63, 3.8) is 0 Å². The highest BCUT2D eigenvalue weighted by Gasteiger charge is 2.35. The Bertz CT molecular complexity index is 852. The van der Waals surface area contributed by atoms with Crippen LogP contribution in [0.4, 0.5) is 13.2 Å². The highest BCUT2D eigenvalue weighted by atomic mass is 32.1. The van der Waals surface area contributed by atoms with Crippen LogP contribution in [0, 0.1) is 0 Å². The van der Waals surface area contributed by atoms with Gasteiger partial charge in [-0.25, -0.2) is 9.67 Å². The van der Waals surface area contributed by atoms with Gasteiger partial charge in [-0.1, -0.05) is 6.07 Å². The Morgan fingerprint density at radius 2 is 2.08 bits per heavy atom. The van der Waals surface area contributed by atoms with Crippen molar-refractivity contribution in [3.8, 4) is 0 Å². The Kier molecular flexibility index (Phi) is 4.04. The number of imidazole rings is 1. The zero-order chi connectivity index (χ0) is 17.4. The molecule has 0 saturated heterocycles. The lowest BCUT2D eigenvalue weighted by Crippen LogP contribution is -2.34. The van der Waals surface area contributed by atoms with Crippen LogP contribution >= 0.6 is 11.3 Å². The van der Waals surface area contributed by atoms with Crippen LogP contribution < -0.4 is 0 Å². The molecule has 1 aliphatic heterocycles. The fourth-order valence-electron chi connectivity index (χ4n) is 2.78. The smallest absolute Gasteiger partial charge is 0.332 e. The third-order valence-corrected chi connectivity index (χ3v) is 4.89. The summed E-state index contributed by atoms with van der Waals surface area (Å²) in [5.41, 5.74) is -0.841. The molecular formula is C14H14F3N7S. The van der Waals surface area contributed by atoms with Crippen molar-refractivity contribution >= 4 is 11.3 Å². The van der Waals surface area contributed by atoms with Crippen molar-refractivity contribution in [1.29, 1.82) is 0 Å². The van der Waals surface area contributed by atoms with E-state index in [0.717, 1.165) is 11.1 Å². The zero-order valence-corrected chi connectivity index (χ0v) is 13.8. The SMILES string of the molecule is FC(F)(F)c1cn2c(n1)CN(Cc1nnnn1Cc1cccs1)CC2. The largest absolute Gasteiger partial charge is 0.434 e. The van der Waals surface area contributed by atoms with Gasteiger partial charge in [-0.2, -0.15) is 13.2 Å². The molecule has 7 nitrogen and oxygen atoms in total. The molecule has 0 N–H and O–H groups in total. The van der Waals surface area contributed by atoms with Crippen molar-refractivity contribution in [1.82, 2.24) is 34.7 Å². The van der Waals surface area contributed by atoms with Crippen molar-refractivity contribution in [2.24, 2.45) is 0 Å². The molecule has 3 aromatic heterocycles. The molecule has 3 aromatic rings. The summed E-state index contributed by atoms with van der Waals surface area (Å²) in [6.07, 6.45) is -3.34. The van der Waals surface area contributed by atoms with Crippen molar-refractivity contribution in [3.05, 3.63) is 45.9 Å². The summed E-state index contributed by atoms with van der Waals surface area (Å²) in [5.74, 6) is 1.10. The Balaban J connectivity index is 1.46. The number of hydrogen-bond acceptors (Lipinski definition) is 6. The summed E-state index contributed by atoms with van der Waals surface area (Å²) in [6, 6.07) is 3.97. The van der Waals surface area contributed by atoms with Gasteiger partial charge < -0.3 is 4.57 Å². The number of fused-ring (bicyclic) bond motifs is 1. The first-order chi connectivity index (χ1) is 12.0. The van der Waals surface area contributed by atoms with Crippen LogP contribution in [0.2, 0.25) is 0 Å². The maximum absolute atomic E-state index is 12.8. The van der Waals surface area contributed by atoms with E-state index < -0.39 is 11.9 Å². The number of halogens is 3. The minimum absolute atomic E-state index is 0.335. The number of hydrogen-bond donors (Lipinski definition) is 0. The second-order valence-corrected chi connectivity index (χ2v) is 6.81. The van der Waals surface area contributed by atoms with Crippen LogP contribution in [0.25, 0.3) is 0 Å². The standard InChI is InChI=1S/C14H14F3N7S/c15-14(16,17)11-7-23-4-3-22(8-12(23)18-11)9-13-19-20-21-24(13)6-10-2-1-5-25-10/h1-2,5,7H,3-4,6,8-9H2. The Labute approximate surface area is 144 Å². The highest BCUT2D eigenvalue weighted by Crippen LogP contribution is 2.29. The number of aromatic nitrogens is 6. The van der Waals surface area contributed by atoms with Gasteiger partial charge >= 0.3 is 6.18 Å². The molecule has 0 unspecified atom stereocenters. The molecule has 0 amide bonds. The predicted octanol–water partition coefficient (Wildman–Crippen LogP) is 2.01. The number of nitrogens with zero attached hydrogens (tertiary/aromatic N) is 7. The van der Waals surface area contributed by atoms with Crippen LogP contribution in [0.5, 0.6) is 0 Å². The third-order valence-electron chi connectivity index (χ3n) is 4.03. The van der Waals surface area contributed by atoms with E-state index in [2.05, 4.69) is 20.5 Å². The van der Waals surface area contributed by atoms with E-state index in [4.69, 9.17) is 0 Å². The molecule has 0 bridgehead atoms. The van der Waals surface area contributed by atoms with E-state index in [1.54, 1.807) is 20.6 Å². The normalized spacial score (nSPS) is 15.5. The zero-order valence-electron chi connectivity index (χ0n) is 13.0. The van der Waals surface area contributed by atoms with Gasteiger partial charge in [-0.05, 0) is 21.9 Å². The van der Waals surface area contributed by atoms with Crippen LogP contribution in [-0.4, -0.2) is 41.2 Å². The first kappa shape index (κ1) is 16.2. The maximum Gasteiger partial charge on any atom is 0.434 e. The van der Waals surface area contributed by atoms with E-state index >= 15 is 0 Å². The molecule has 0 aliphatic carbocycles. The lowest BCUT2D eigenvalue weighted by molar-refractivity contribution is -0.141. The van der Waals surface area contributed by atoms with Crippen molar-refractivity contribution in [2.45, 2.75) is 32.4 Å². The van der Waals surface area contributed by atoms with E-state index in [9.17, 15) is 13.2 Å². The molecule has 0 fully saturated rings. The van der Waals surface area contributed by atoms with Crippen LogP contribution in [-0.2, 0) is 32.4 Å². The van der Waals surface area contributed by atoms with Gasteiger partial charge in [0.05, 0.1) is 19.6 Å². The Morgan fingerprint density at radius 1 is 1.20 bits per heavy atom. The van der Waals surface area contributed by atoms with E-state index in [0.29, 0.717) is 44.4 Å². The van der Waals surface area contributed by atoms with Gasteiger partial charge in [0, 0.05) is 24.2 Å². The first-order valence-electron chi connectivity index (χ1n) is 7.62. The second kappa shape index (κ2) is 6.23. The lowest BCUT2D eigenvalue weighted by Gasteiger charge is -2.26. The van der Waals surface area contributed by atoms with Gasteiger partial charge in [0.15, 0.2) is 11.5 Å². The molecule has 1 aliphatic rings. The predicted molar refractivity (Wildman–Crippen MR) is 82.6 cm³/mol. The quantitative estimate of drug-likeness (QED) is 0.704. The average Bonchev–Trinajstić information content (AvgIpc) is 3.28. The number of rotatable bonds is 4. The summed E-state index contributed by atoms with van der Waals surface area (Å²) in [7, 11) is 0. The second-order valence-electron chi connectivity index (χ2n) is 5.78. The molecule has 25 heavy (non-hydrogen) atoms. The molecule has 4 heterocycles. The summed E-state index contributed by atoms with van der Waals surface area (Å²) < 4.78 is 41.7. The van der Waals surface area contributed by atoms with Crippen LogP contribution in [0.1, 0.15) is 22.2 Å². The van der Waals surface area contributed by atoms with Crippen molar-refractivity contribution < 1.29 is 13.2 Å². The summed E-state index contributed by atoms with van der Waals surface area (Å²) >= 11 is 1.62. The molecule has 4 rings (SSSR count). The monoisotopic (exact) mass is 369 g/mol. The average molecular weight is 369 g/mol. The summed E-state index contributed by atoms with van der Waals surface area (Å²) in [4.78, 5) is 6.86. The molecule has 0 radical (unpaired) electrons. The van der Waals surface area contributed by atoms with Gasteiger partial charge in [0.2, 0.25) is 0 Å². The maximum atomic E-state index is 12.8. The molecule has 11 heteroatoms. The van der Waals surface area contributed by atoms with Crippen LogP contribution in [0.3, 0.4) is 0 Å². The van der Waals surface area contributed by atoms with Crippen molar-refractivity contribution in [2.75, 3.05) is 6.54 Å². The van der Waals surface area contributed by atoms with E-state index in [1.807, 2.05) is 22.4 Å². The minimum atomic E-state index is -4.42. The molecule has 132 valence electrons. The molecule has 0 aromatic carbocycles. The molecule has 0 spiro atoms. The van der Waals surface area contributed by atoms with Gasteiger partial charge in [-0.3, -0.25) is 4.90 Å². The molecule has 0 saturated carbocycles. The number of thiophene rings is 1. The topological polar surface area (TPSA) is 64.7 Å². The number of tetrazole rings is 1. The van der Waals surface area contributed by atoms with E-state index in [-0.39, 0.29) is 0 Å². The number of alkyl halides is 3. The summed E-state index contributed by atoms with van der Waals surface area (Å²) in [6.45, 7) is 2.46. The van der Waals surface area contributed by atoms with Gasteiger partial charge in [0.1, 0.15) is 5.82 Å². The molecular weight excluding hydrogens is 355 g/mol. The van der Waals surface area contributed by atoms with E-state index in [1.165, 1.54) is 0 Å².